The largest absolute Gasteiger partial charge is 0.355 e. The summed E-state index contributed by atoms with van der Waals surface area (Å²) in [7, 11) is 0. The minimum absolute atomic E-state index is 0.0364. The molecule has 0 atom stereocenters. The minimum Gasteiger partial charge on any atom is -0.355 e. The van der Waals surface area contributed by atoms with Gasteiger partial charge in [-0.2, -0.15) is 0 Å². The third-order valence-electron chi connectivity index (χ3n) is 4.19. The molecule has 1 aliphatic rings. The lowest BCUT2D eigenvalue weighted by atomic mass is 10.1. The number of nitrogens with zero attached hydrogens (tertiary/aromatic N) is 3. The number of rotatable bonds is 5. The molecule has 0 saturated carbocycles. The Kier molecular flexibility index (Phi) is 5.08. The van der Waals surface area contributed by atoms with Crippen molar-refractivity contribution in [3.05, 3.63) is 42.0 Å². The van der Waals surface area contributed by atoms with Gasteiger partial charge in [0.1, 0.15) is 0 Å². The van der Waals surface area contributed by atoms with E-state index in [1.165, 1.54) is 12.8 Å². The molecular formula is C19H24N4O. The van der Waals surface area contributed by atoms with Gasteiger partial charge < -0.3 is 10.2 Å². The monoisotopic (exact) mass is 324 g/mol. The first-order valence-corrected chi connectivity index (χ1v) is 8.61. The molecule has 5 heteroatoms. The third-order valence-corrected chi connectivity index (χ3v) is 4.19. The van der Waals surface area contributed by atoms with Crippen LogP contribution in [0.5, 0.6) is 0 Å². The van der Waals surface area contributed by atoms with Crippen molar-refractivity contribution in [3.8, 4) is 11.3 Å². The van der Waals surface area contributed by atoms with Crippen LogP contribution < -0.4 is 10.2 Å². The smallest absolute Gasteiger partial charge is 0.251 e. The van der Waals surface area contributed by atoms with Crippen LogP contribution in [0.25, 0.3) is 11.3 Å². The Balaban J connectivity index is 1.67. The summed E-state index contributed by atoms with van der Waals surface area (Å²) in [6, 6.07) is 11.5. The Labute approximate surface area is 143 Å². The number of benzene rings is 1. The molecule has 1 aromatic heterocycles. The summed E-state index contributed by atoms with van der Waals surface area (Å²) < 4.78 is 0. The van der Waals surface area contributed by atoms with Gasteiger partial charge >= 0.3 is 0 Å². The van der Waals surface area contributed by atoms with E-state index in [-0.39, 0.29) is 5.91 Å². The SMILES string of the molecule is CC(C)CNC(=O)c1ccc(-c2ccc(N3CCCC3)nn2)cc1. The average Bonchev–Trinajstić information content (AvgIpc) is 3.14. The molecule has 1 fully saturated rings. The maximum atomic E-state index is 12.0. The number of hydrogen-bond donors (Lipinski definition) is 1. The molecule has 3 rings (SSSR count). The topological polar surface area (TPSA) is 58.1 Å². The lowest BCUT2D eigenvalue weighted by Gasteiger charge is -2.15. The number of hydrogen-bond acceptors (Lipinski definition) is 4. The minimum atomic E-state index is -0.0364. The number of carbonyl (C=O) groups excluding carboxylic acids is 1. The van der Waals surface area contributed by atoms with Gasteiger partial charge in [0.15, 0.2) is 5.82 Å². The van der Waals surface area contributed by atoms with Gasteiger partial charge in [0.25, 0.3) is 5.91 Å². The molecule has 1 amide bonds. The fraction of sp³-hybridized carbons (Fsp3) is 0.421. The Morgan fingerprint density at radius 2 is 1.79 bits per heavy atom. The average molecular weight is 324 g/mol. The van der Waals surface area contributed by atoms with Crippen LogP contribution in [-0.4, -0.2) is 35.7 Å². The molecular weight excluding hydrogens is 300 g/mol. The first-order valence-electron chi connectivity index (χ1n) is 8.61. The summed E-state index contributed by atoms with van der Waals surface area (Å²) in [6.45, 7) is 6.97. The fourth-order valence-corrected chi connectivity index (χ4v) is 2.79. The van der Waals surface area contributed by atoms with Crippen LogP contribution in [0.15, 0.2) is 36.4 Å². The second kappa shape index (κ2) is 7.43. The highest BCUT2D eigenvalue weighted by Gasteiger charge is 2.14. The maximum absolute atomic E-state index is 12.0. The first kappa shape index (κ1) is 16.4. The summed E-state index contributed by atoms with van der Waals surface area (Å²) in [4.78, 5) is 14.3. The van der Waals surface area contributed by atoms with Crippen LogP contribution in [-0.2, 0) is 0 Å². The predicted molar refractivity (Wildman–Crippen MR) is 96.1 cm³/mol. The maximum Gasteiger partial charge on any atom is 0.251 e. The summed E-state index contributed by atoms with van der Waals surface area (Å²) in [6.07, 6.45) is 2.45. The van der Waals surface area contributed by atoms with Gasteiger partial charge in [-0.05, 0) is 43.0 Å². The van der Waals surface area contributed by atoms with E-state index in [0.29, 0.717) is 18.0 Å². The molecule has 0 unspecified atom stereocenters. The van der Waals surface area contributed by atoms with Crippen molar-refractivity contribution in [1.82, 2.24) is 15.5 Å². The van der Waals surface area contributed by atoms with E-state index in [2.05, 4.69) is 34.3 Å². The van der Waals surface area contributed by atoms with Crippen molar-refractivity contribution in [2.45, 2.75) is 26.7 Å². The van der Waals surface area contributed by atoms with E-state index in [4.69, 9.17) is 0 Å². The fourth-order valence-electron chi connectivity index (χ4n) is 2.79. The van der Waals surface area contributed by atoms with Gasteiger partial charge in [0.05, 0.1) is 5.69 Å². The molecule has 0 spiro atoms. The molecule has 0 radical (unpaired) electrons. The highest BCUT2D eigenvalue weighted by molar-refractivity contribution is 5.94. The molecule has 24 heavy (non-hydrogen) atoms. The first-order chi connectivity index (χ1) is 11.6. The van der Waals surface area contributed by atoms with Crippen LogP contribution in [0, 0.1) is 5.92 Å². The van der Waals surface area contributed by atoms with Crippen molar-refractivity contribution in [3.63, 3.8) is 0 Å². The van der Waals surface area contributed by atoms with Crippen LogP contribution >= 0.6 is 0 Å². The predicted octanol–water partition coefficient (Wildman–Crippen LogP) is 3.13. The van der Waals surface area contributed by atoms with Gasteiger partial charge in [-0.25, -0.2) is 0 Å². The molecule has 2 heterocycles. The summed E-state index contributed by atoms with van der Waals surface area (Å²) in [5, 5.41) is 11.6. The molecule has 1 aliphatic heterocycles. The van der Waals surface area contributed by atoms with Gasteiger partial charge in [-0.3, -0.25) is 4.79 Å². The molecule has 5 nitrogen and oxygen atoms in total. The highest BCUT2D eigenvalue weighted by atomic mass is 16.1. The molecule has 2 aromatic rings. The van der Waals surface area contributed by atoms with Gasteiger partial charge in [0.2, 0.25) is 0 Å². The van der Waals surface area contributed by atoms with E-state index >= 15 is 0 Å². The zero-order valence-corrected chi connectivity index (χ0v) is 14.3. The third kappa shape index (κ3) is 3.91. The van der Waals surface area contributed by atoms with E-state index in [0.717, 1.165) is 30.2 Å². The zero-order chi connectivity index (χ0) is 16.9. The zero-order valence-electron chi connectivity index (χ0n) is 14.3. The quantitative estimate of drug-likeness (QED) is 0.918. The Hall–Kier alpha value is -2.43. The van der Waals surface area contributed by atoms with E-state index < -0.39 is 0 Å². The standard InChI is InChI=1S/C19H24N4O/c1-14(2)13-20-19(24)16-7-5-15(6-8-16)17-9-10-18(22-21-17)23-11-3-4-12-23/h5-10,14H,3-4,11-13H2,1-2H3,(H,20,24). The molecule has 1 aromatic carbocycles. The number of nitrogens with one attached hydrogen (secondary N) is 1. The Morgan fingerprint density at radius 1 is 1.08 bits per heavy atom. The van der Waals surface area contributed by atoms with Crippen molar-refractivity contribution in [2.75, 3.05) is 24.5 Å². The van der Waals surface area contributed by atoms with Gasteiger partial charge in [-0.15, -0.1) is 10.2 Å². The van der Waals surface area contributed by atoms with E-state index in [9.17, 15) is 4.79 Å². The molecule has 126 valence electrons. The summed E-state index contributed by atoms with van der Waals surface area (Å²) in [5.74, 6) is 1.35. The highest BCUT2D eigenvalue weighted by Crippen LogP contribution is 2.21. The van der Waals surface area contributed by atoms with Crippen LogP contribution in [0.3, 0.4) is 0 Å². The van der Waals surface area contributed by atoms with E-state index in [1.54, 1.807) is 0 Å². The molecule has 1 saturated heterocycles. The lowest BCUT2D eigenvalue weighted by molar-refractivity contribution is 0.0949. The second-order valence-corrected chi connectivity index (χ2v) is 6.65. The van der Waals surface area contributed by atoms with Crippen LogP contribution in [0.1, 0.15) is 37.0 Å². The Bertz CT molecular complexity index is 674. The lowest BCUT2D eigenvalue weighted by Crippen LogP contribution is -2.27. The van der Waals surface area contributed by atoms with Crippen molar-refractivity contribution in [2.24, 2.45) is 5.92 Å². The van der Waals surface area contributed by atoms with E-state index in [1.807, 2.05) is 36.4 Å². The van der Waals surface area contributed by atoms with Gasteiger partial charge in [-0.1, -0.05) is 26.0 Å². The molecule has 1 N–H and O–H groups in total. The summed E-state index contributed by atoms with van der Waals surface area (Å²) in [5.41, 5.74) is 2.46. The van der Waals surface area contributed by atoms with Crippen molar-refractivity contribution < 1.29 is 4.79 Å². The molecule has 0 bridgehead atoms. The normalized spacial score (nSPS) is 14.2. The summed E-state index contributed by atoms with van der Waals surface area (Å²) >= 11 is 0. The second-order valence-electron chi connectivity index (χ2n) is 6.65. The number of carbonyl (C=O) groups is 1. The number of aromatic nitrogens is 2. The van der Waals surface area contributed by atoms with Crippen molar-refractivity contribution in [1.29, 1.82) is 0 Å². The van der Waals surface area contributed by atoms with Crippen LogP contribution in [0.4, 0.5) is 5.82 Å². The Morgan fingerprint density at radius 3 is 2.38 bits per heavy atom. The van der Waals surface area contributed by atoms with Gasteiger partial charge in [0, 0.05) is 30.8 Å². The number of amides is 1. The molecule has 0 aliphatic carbocycles. The number of anilines is 1. The van der Waals surface area contributed by atoms with Crippen LogP contribution in [0.2, 0.25) is 0 Å². The van der Waals surface area contributed by atoms with Crippen molar-refractivity contribution >= 4 is 11.7 Å².